The van der Waals surface area contributed by atoms with Crippen molar-refractivity contribution in [2.24, 2.45) is 0 Å². The normalized spacial score (nSPS) is 20.2. The molecule has 0 aromatic carbocycles. The van der Waals surface area contributed by atoms with E-state index in [-0.39, 0.29) is 0 Å². The van der Waals surface area contributed by atoms with Gasteiger partial charge in [-0.25, -0.2) is 24.9 Å². The molecule has 5 heterocycles. The summed E-state index contributed by atoms with van der Waals surface area (Å²) in [6.07, 6.45) is 7.63. The second-order valence-electron chi connectivity index (χ2n) is 6.64. The molecule has 3 aromatic heterocycles. The van der Waals surface area contributed by atoms with Crippen molar-refractivity contribution in [3.63, 3.8) is 0 Å². The molecule has 9 heteroatoms. The quantitative estimate of drug-likeness (QED) is 0.718. The van der Waals surface area contributed by atoms with E-state index in [1.807, 2.05) is 0 Å². The van der Waals surface area contributed by atoms with E-state index in [0.717, 1.165) is 68.4 Å². The lowest BCUT2D eigenvalue weighted by atomic mass is 10.1. The highest BCUT2D eigenvalue weighted by atomic mass is 16.5. The highest BCUT2D eigenvalue weighted by Crippen LogP contribution is 2.26. The van der Waals surface area contributed by atoms with Crippen molar-refractivity contribution in [1.29, 1.82) is 0 Å². The maximum absolute atomic E-state index is 5.47. The van der Waals surface area contributed by atoms with Crippen LogP contribution in [0.15, 0.2) is 19.0 Å². The molecule has 2 aliphatic rings. The SMILES string of the molecule is c1nc2c(c(NC3CCOC3)n1)CCN(c1ncnc3nc[nH]c13)CC2. The minimum Gasteiger partial charge on any atom is -0.379 e. The van der Waals surface area contributed by atoms with Gasteiger partial charge in [0.15, 0.2) is 11.5 Å². The van der Waals surface area contributed by atoms with Crippen LogP contribution in [0.1, 0.15) is 17.7 Å². The van der Waals surface area contributed by atoms with Crippen LogP contribution < -0.4 is 10.2 Å². The van der Waals surface area contributed by atoms with Crippen LogP contribution in [0.3, 0.4) is 0 Å². The van der Waals surface area contributed by atoms with Crippen molar-refractivity contribution in [2.45, 2.75) is 25.3 Å². The summed E-state index contributed by atoms with van der Waals surface area (Å²) in [5.74, 6) is 1.84. The first-order chi connectivity index (χ1) is 12.9. The number of fused-ring (bicyclic) bond motifs is 2. The zero-order valence-electron chi connectivity index (χ0n) is 14.4. The first-order valence-corrected chi connectivity index (χ1v) is 8.94. The van der Waals surface area contributed by atoms with Crippen LogP contribution in [0.25, 0.3) is 11.2 Å². The molecule has 1 saturated heterocycles. The van der Waals surface area contributed by atoms with E-state index in [1.165, 1.54) is 5.56 Å². The lowest BCUT2D eigenvalue weighted by Gasteiger charge is -2.21. The van der Waals surface area contributed by atoms with Gasteiger partial charge in [-0.2, -0.15) is 0 Å². The fourth-order valence-corrected chi connectivity index (χ4v) is 3.70. The largest absolute Gasteiger partial charge is 0.379 e. The standard InChI is InChI=1S/C17H20N8O/c1-4-25(17-14-16(21-9-19-14)22-10-23-17)5-2-13-12(1)15(20-8-18-13)24-11-3-6-26-7-11/h8-11H,1-7H2,(H,18,20,24)(H,19,21,22,23). The molecule has 0 radical (unpaired) electrons. The van der Waals surface area contributed by atoms with Gasteiger partial charge in [-0.1, -0.05) is 0 Å². The third-order valence-corrected chi connectivity index (χ3v) is 5.06. The summed E-state index contributed by atoms with van der Waals surface area (Å²) in [4.78, 5) is 27.4. The fraction of sp³-hybridized carbons (Fsp3) is 0.471. The Hall–Kier alpha value is -2.81. The Morgan fingerprint density at radius 2 is 2.00 bits per heavy atom. The molecule has 134 valence electrons. The molecule has 9 nitrogen and oxygen atoms in total. The molecule has 0 spiro atoms. The van der Waals surface area contributed by atoms with Gasteiger partial charge in [0.25, 0.3) is 0 Å². The van der Waals surface area contributed by atoms with Gasteiger partial charge in [-0.05, 0) is 12.8 Å². The predicted octanol–water partition coefficient (Wildman–Crippen LogP) is 0.949. The predicted molar refractivity (Wildman–Crippen MR) is 96.2 cm³/mol. The molecule has 0 aliphatic carbocycles. The van der Waals surface area contributed by atoms with Crippen LogP contribution in [0, 0.1) is 0 Å². The third-order valence-electron chi connectivity index (χ3n) is 5.06. The minimum atomic E-state index is 0.333. The van der Waals surface area contributed by atoms with Gasteiger partial charge in [0.1, 0.15) is 24.0 Å². The van der Waals surface area contributed by atoms with Crippen molar-refractivity contribution in [2.75, 3.05) is 36.5 Å². The molecule has 2 aliphatic heterocycles. The average molecular weight is 352 g/mol. The Kier molecular flexibility index (Phi) is 3.85. The van der Waals surface area contributed by atoms with Crippen molar-refractivity contribution < 1.29 is 4.74 Å². The molecule has 0 saturated carbocycles. The van der Waals surface area contributed by atoms with Crippen LogP contribution >= 0.6 is 0 Å². The van der Waals surface area contributed by atoms with Gasteiger partial charge in [-0.3, -0.25) is 0 Å². The molecule has 3 aromatic rings. The van der Waals surface area contributed by atoms with Crippen LogP contribution in [0.4, 0.5) is 11.6 Å². The van der Waals surface area contributed by atoms with E-state index in [4.69, 9.17) is 4.74 Å². The molecule has 2 N–H and O–H groups in total. The van der Waals surface area contributed by atoms with Gasteiger partial charge >= 0.3 is 0 Å². The number of aromatic nitrogens is 6. The van der Waals surface area contributed by atoms with Crippen molar-refractivity contribution in [3.05, 3.63) is 30.2 Å². The number of aromatic amines is 1. The van der Waals surface area contributed by atoms with Crippen LogP contribution in [-0.4, -0.2) is 62.2 Å². The summed E-state index contributed by atoms with van der Waals surface area (Å²) < 4.78 is 5.47. The second-order valence-corrected chi connectivity index (χ2v) is 6.64. The second kappa shape index (κ2) is 6.49. The Morgan fingerprint density at radius 3 is 2.92 bits per heavy atom. The lowest BCUT2D eigenvalue weighted by Crippen LogP contribution is -2.27. The van der Waals surface area contributed by atoms with E-state index in [9.17, 15) is 0 Å². The van der Waals surface area contributed by atoms with Gasteiger partial charge < -0.3 is 19.9 Å². The number of nitrogens with zero attached hydrogens (tertiary/aromatic N) is 6. The minimum absolute atomic E-state index is 0.333. The number of anilines is 2. The van der Waals surface area contributed by atoms with Gasteiger partial charge in [0, 0.05) is 31.7 Å². The fourth-order valence-electron chi connectivity index (χ4n) is 3.70. The van der Waals surface area contributed by atoms with E-state index in [1.54, 1.807) is 19.0 Å². The van der Waals surface area contributed by atoms with Crippen molar-refractivity contribution in [1.82, 2.24) is 29.9 Å². The Balaban J connectivity index is 1.41. The zero-order valence-corrected chi connectivity index (χ0v) is 14.4. The summed E-state index contributed by atoms with van der Waals surface area (Å²) in [7, 11) is 0. The smallest absolute Gasteiger partial charge is 0.182 e. The van der Waals surface area contributed by atoms with E-state index < -0.39 is 0 Å². The van der Waals surface area contributed by atoms with E-state index in [0.29, 0.717) is 11.7 Å². The topological polar surface area (TPSA) is 105 Å². The third kappa shape index (κ3) is 2.74. The molecule has 26 heavy (non-hydrogen) atoms. The molecule has 1 atom stereocenters. The number of hydrogen-bond donors (Lipinski definition) is 2. The van der Waals surface area contributed by atoms with Crippen molar-refractivity contribution >= 4 is 22.8 Å². The van der Waals surface area contributed by atoms with Crippen molar-refractivity contribution in [3.8, 4) is 0 Å². The van der Waals surface area contributed by atoms with Crippen LogP contribution in [0.5, 0.6) is 0 Å². The molecule has 1 unspecified atom stereocenters. The highest BCUT2D eigenvalue weighted by Gasteiger charge is 2.23. The van der Waals surface area contributed by atoms with Crippen LogP contribution in [0.2, 0.25) is 0 Å². The Morgan fingerprint density at radius 1 is 1.08 bits per heavy atom. The monoisotopic (exact) mass is 352 g/mol. The van der Waals surface area contributed by atoms with Gasteiger partial charge in [-0.15, -0.1) is 0 Å². The maximum Gasteiger partial charge on any atom is 0.182 e. The highest BCUT2D eigenvalue weighted by molar-refractivity contribution is 5.82. The summed E-state index contributed by atoms with van der Waals surface area (Å²) >= 11 is 0. The summed E-state index contributed by atoms with van der Waals surface area (Å²) in [5.41, 5.74) is 3.89. The Labute approximate surface area is 150 Å². The molecule has 0 amide bonds. The zero-order chi connectivity index (χ0) is 17.3. The molecule has 5 rings (SSSR count). The number of ether oxygens (including phenoxy) is 1. The lowest BCUT2D eigenvalue weighted by molar-refractivity contribution is 0.195. The molecule has 1 fully saturated rings. The number of nitrogens with one attached hydrogen (secondary N) is 2. The average Bonchev–Trinajstić information content (AvgIpc) is 3.30. The summed E-state index contributed by atoms with van der Waals surface area (Å²) in [6, 6.07) is 0.333. The first kappa shape index (κ1) is 15.4. The van der Waals surface area contributed by atoms with E-state index in [2.05, 4.69) is 40.1 Å². The van der Waals surface area contributed by atoms with Gasteiger partial charge in [0.05, 0.1) is 24.7 Å². The van der Waals surface area contributed by atoms with Gasteiger partial charge in [0.2, 0.25) is 0 Å². The van der Waals surface area contributed by atoms with Crippen LogP contribution in [-0.2, 0) is 17.6 Å². The maximum atomic E-state index is 5.47. The Bertz CT molecular complexity index is 920. The molecule has 0 bridgehead atoms. The first-order valence-electron chi connectivity index (χ1n) is 8.94. The number of hydrogen-bond acceptors (Lipinski definition) is 8. The molecular formula is C17H20N8O. The summed E-state index contributed by atoms with van der Waals surface area (Å²) in [5, 5.41) is 3.54. The summed E-state index contributed by atoms with van der Waals surface area (Å²) in [6.45, 7) is 3.25. The van der Waals surface area contributed by atoms with E-state index >= 15 is 0 Å². The number of imidazole rings is 1. The number of H-pyrrole nitrogens is 1. The molecular weight excluding hydrogens is 332 g/mol. The number of rotatable bonds is 3.